The number of ketones is 1. The molecule has 0 N–H and O–H groups in total. The molecule has 2 aromatic carbocycles. The Balaban J connectivity index is 2.09. The van der Waals surface area contributed by atoms with Gasteiger partial charge in [0.1, 0.15) is 11.6 Å². The molecule has 0 aliphatic rings. The van der Waals surface area contributed by atoms with Gasteiger partial charge in [0.05, 0.1) is 0 Å². The number of hydrogen-bond donors (Lipinski definition) is 0. The van der Waals surface area contributed by atoms with Gasteiger partial charge in [0.15, 0.2) is 12.4 Å². The van der Waals surface area contributed by atoms with E-state index in [1.165, 1.54) is 29.8 Å². The summed E-state index contributed by atoms with van der Waals surface area (Å²) < 4.78 is 18.1. The number of rotatable bonds is 4. The molecular formula is C17H17FO2. The first-order chi connectivity index (χ1) is 9.47. The minimum atomic E-state index is -0.325. The van der Waals surface area contributed by atoms with Crippen LogP contribution >= 0.6 is 0 Å². The van der Waals surface area contributed by atoms with Crippen molar-refractivity contribution >= 4 is 5.78 Å². The summed E-state index contributed by atoms with van der Waals surface area (Å²) in [5, 5.41) is 0. The zero-order valence-electron chi connectivity index (χ0n) is 11.9. The van der Waals surface area contributed by atoms with Gasteiger partial charge in [0.25, 0.3) is 0 Å². The van der Waals surface area contributed by atoms with Crippen LogP contribution in [-0.4, -0.2) is 12.4 Å². The number of carbonyl (C=O) groups excluding carboxylic acids is 1. The molecule has 0 bridgehead atoms. The van der Waals surface area contributed by atoms with E-state index in [1.807, 2.05) is 32.9 Å². The van der Waals surface area contributed by atoms with Gasteiger partial charge in [0.2, 0.25) is 0 Å². The highest BCUT2D eigenvalue weighted by Crippen LogP contribution is 2.17. The molecule has 2 nitrogen and oxygen atoms in total. The third kappa shape index (κ3) is 3.23. The van der Waals surface area contributed by atoms with Crippen molar-refractivity contribution in [3.63, 3.8) is 0 Å². The molecule has 0 atom stereocenters. The van der Waals surface area contributed by atoms with E-state index < -0.39 is 0 Å². The van der Waals surface area contributed by atoms with Crippen LogP contribution in [0.2, 0.25) is 0 Å². The van der Waals surface area contributed by atoms with Gasteiger partial charge in [-0.05, 0) is 67.8 Å². The minimum absolute atomic E-state index is 0.0467. The molecule has 2 rings (SSSR count). The zero-order chi connectivity index (χ0) is 14.7. The van der Waals surface area contributed by atoms with Crippen molar-refractivity contribution in [3.05, 3.63) is 64.5 Å². The van der Waals surface area contributed by atoms with Gasteiger partial charge in [0, 0.05) is 5.56 Å². The first-order valence-corrected chi connectivity index (χ1v) is 6.47. The molecular weight excluding hydrogens is 255 g/mol. The Morgan fingerprint density at radius 3 is 2.25 bits per heavy atom. The van der Waals surface area contributed by atoms with E-state index in [0.29, 0.717) is 11.3 Å². The van der Waals surface area contributed by atoms with Crippen molar-refractivity contribution in [2.24, 2.45) is 0 Å². The van der Waals surface area contributed by atoms with Gasteiger partial charge in [-0.2, -0.15) is 0 Å². The van der Waals surface area contributed by atoms with Gasteiger partial charge in [-0.25, -0.2) is 4.39 Å². The lowest BCUT2D eigenvalue weighted by Gasteiger charge is -2.10. The van der Waals surface area contributed by atoms with E-state index in [2.05, 4.69) is 0 Å². The first-order valence-electron chi connectivity index (χ1n) is 6.47. The first kappa shape index (κ1) is 14.3. The maximum Gasteiger partial charge on any atom is 0.200 e. The van der Waals surface area contributed by atoms with Gasteiger partial charge in [-0.1, -0.05) is 6.07 Å². The third-order valence-electron chi connectivity index (χ3n) is 3.32. The van der Waals surface area contributed by atoms with Crippen LogP contribution in [0.15, 0.2) is 36.4 Å². The molecule has 104 valence electrons. The maximum absolute atomic E-state index is 12.8. The Bertz CT molecular complexity index is 630. The largest absolute Gasteiger partial charge is 0.485 e. The highest BCUT2D eigenvalue weighted by Gasteiger charge is 2.11. The molecule has 0 spiro atoms. The Labute approximate surface area is 118 Å². The quantitative estimate of drug-likeness (QED) is 0.786. The highest BCUT2D eigenvalue weighted by molar-refractivity contribution is 5.98. The predicted octanol–water partition coefficient (Wildman–Crippen LogP) is 4.01. The van der Waals surface area contributed by atoms with Crippen LogP contribution in [0.1, 0.15) is 27.0 Å². The molecule has 3 heteroatoms. The van der Waals surface area contributed by atoms with Gasteiger partial charge >= 0.3 is 0 Å². The summed E-state index contributed by atoms with van der Waals surface area (Å²) in [4.78, 5) is 12.2. The molecule has 0 radical (unpaired) electrons. The van der Waals surface area contributed by atoms with E-state index in [4.69, 9.17) is 4.74 Å². The summed E-state index contributed by atoms with van der Waals surface area (Å²) in [6.45, 7) is 5.87. The van der Waals surface area contributed by atoms with E-state index >= 15 is 0 Å². The molecule has 0 fully saturated rings. The van der Waals surface area contributed by atoms with Crippen LogP contribution in [0.5, 0.6) is 5.75 Å². The van der Waals surface area contributed by atoms with Crippen LogP contribution in [0.25, 0.3) is 0 Å². The lowest BCUT2D eigenvalue weighted by molar-refractivity contribution is 0.0921. The molecule has 0 saturated carbocycles. The fourth-order valence-electron chi connectivity index (χ4n) is 2.02. The van der Waals surface area contributed by atoms with Crippen LogP contribution < -0.4 is 4.74 Å². The molecule has 0 aliphatic heterocycles. The van der Waals surface area contributed by atoms with Crippen molar-refractivity contribution < 1.29 is 13.9 Å². The van der Waals surface area contributed by atoms with Gasteiger partial charge < -0.3 is 4.74 Å². The van der Waals surface area contributed by atoms with Crippen molar-refractivity contribution in [1.29, 1.82) is 0 Å². The molecule has 0 aromatic heterocycles. The lowest BCUT2D eigenvalue weighted by atomic mass is 9.98. The molecule has 20 heavy (non-hydrogen) atoms. The topological polar surface area (TPSA) is 26.3 Å². The number of halogens is 1. The highest BCUT2D eigenvalue weighted by atomic mass is 19.1. The fraction of sp³-hybridized carbons (Fsp3) is 0.235. The standard InChI is InChI=1S/C17H17FO2/c1-11-8-13(3)16(9-12(11)2)17(19)10-20-15-6-4-14(18)5-7-15/h4-9H,10H2,1-3H3. The third-order valence-corrected chi connectivity index (χ3v) is 3.32. The molecule has 0 heterocycles. The summed E-state index contributed by atoms with van der Waals surface area (Å²) in [5.74, 6) is 0.0878. The number of ether oxygens (including phenoxy) is 1. The normalized spacial score (nSPS) is 10.4. The lowest BCUT2D eigenvalue weighted by Crippen LogP contribution is -2.13. The minimum Gasteiger partial charge on any atom is -0.485 e. The molecule has 0 saturated heterocycles. The Kier molecular flexibility index (Phi) is 4.18. The SMILES string of the molecule is Cc1cc(C)c(C(=O)COc2ccc(F)cc2)cc1C. The average Bonchev–Trinajstić information content (AvgIpc) is 2.42. The van der Waals surface area contributed by atoms with Crippen molar-refractivity contribution in [2.45, 2.75) is 20.8 Å². The summed E-state index contributed by atoms with van der Waals surface area (Å²) in [6, 6.07) is 9.52. The number of carbonyl (C=O) groups is 1. The maximum atomic E-state index is 12.8. The Morgan fingerprint density at radius 2 is 1.60 bits per heavy atom. The smallest absolute Gasteiger partial charge is 0.200 e. The Morgan fingerprint density at radius 1 is 1.00 bits per heavy atom. The second kappa shape index (κ2) is 5.87. The molecule has 0 unspecified atom stereocenters. The molecule has 0 amide bonds. The van der Waals surface area contributed by atoms with Crippen LogP contribution in [0.3, 0.4) is 0 Å². The zero-order valence-corrected chi connectivity index (χ0v) is 11.9. The Hall–Kier alpha value is -2.16. The number of aryl methyl sites for hydroxylation is 3. The summed E-state index contributed by atoms with van der Waals surface area (Å²) in [6.07, 6.45) is 0. The fourth-order valence-corrected chi connectivity index (χ4v) is 2.02. The van der Waals surface area contributed by atoms with Crippen LogP contribution in [-0.2, 0) is 0 Å². The predicted molar refractivity (Wildman–Crippen MR) is 76.9 cm³/mol. The number of benzene rings is 2. The molecule has 0 aliphatic carbocycles. The van der Waals surface area contributed by atoms with E-state index in [0.717, 1.165) is 11.1 Å². The van der Waals surface area contributed by atoms with Crippen molar-refractivity contribution in [1.82, 2.24) is 0 Å². The van der Waals surface area contributed by atoms with E-state index in [9.17, 15) is 9.18 Å². The van der Waals surface area contributed by atoms with Gasteiger partial charge in [-0.3, -0.25) is 4.79 Å². The summed E-state index contributed by atoms with van der Waals surface area (Å²) in [5.41, 5.74) is 3.87. The van der Waals surface area contributed by atoms with E-state index in [1.54, 1.807) is 0 Å². The average molecular weight is 272 g/mol. The summed E-state index contributed by atoms with van der Waals surface area (Å²) in [7, 11) is 0. The second-order valence-corrected chi connectivity index (χ2v) is 4.92. The van der Waals surface area contributed by atoms with Gasteiger partial charge in [-0.15, -0.1) is 0 Å². The van der Waals surface area contributed by atoms with Crippen LogP contribution in [0, 0.1) is 26.6 Å². The summed E-state index contributed by atoms with van der Waals surface area (Å²) >= 11 is 0. The number of hydrogen-bond acceptors (Lipinski definition) is 2. The molecule has 2 aromatic rings. The number of Topliss-reactive ketones (excluding diaryl/α,β-unsaturated/α-hetero) is 1. The van der Waals surface area contributed by atoms with Crippen molar-refractivity contribution in [3.8, 4) is 5.75 Å². The van der Waals surface area contributed by atoms with Crippen molar-refractivity contribution in [2.75, 3.05) is 6.61 Å². The second-order valence-electron chi connectivity index (χ2n) is 4.92. The monoisotopic (exact) mass is 272 g/mol. The van der Waals surface area contributed by atoms with E-state index in [-0.39, 0.29) is 18.2 Å². The van der Waals surface area contributed by atoms with Crippen LogP contribution in [0.4, 0.5) is 4.39 Å².